The summed E-state index contributed by atoms with van der Waals surface area (Å²) in [6.45, 7) is 2.14. The van der Waals surface area contributed by atoms with Crippen LogP contribution < -0.4 is 15.4 Å². The zero-order valence-corrected chi connectivity index (χ0v) is 17.0. The largest absolute Gasteiger partial charge is 0.490 e. The molecular formula is C23H21N3O5. The monoisotopic (exact) mass is 419 g/mol. The third-order valence-electron chi connectivity index (χ3n) is 4.59. The Morgan fingerprint density at radius 3 is 2.35 bits per heavy atom. The van der Waals surface area contributed by atoms with E-state index in [1.807, 2.05) is 19.1 Å². The number of nitrogens with zero attached hydrogens (tertiary/aromatic N) is 1. The Morgan fingerprint density at radius 2 is 1.68 bits per heavy atom. The molecule has 0 atom stereocenters. The van der Waals surface area contributed by atoms with Crippen LogP contribution in [0.15, 0.2) is 66.7 Å². The number of rotatable bonds is 7. The maximum Gasteiger partial charge on any atom is 0.311 e. The van der Waals surface area contributed by atoms with Crippen molar-refractivity contribution in [3.05, 3.63) is 99.1 Å². The highest BCUT2D eigenvalue weighted by molar-refractivity contribution is 6.04. The van der Waals surface area contributed by atoms with Crippen molar-refractivity contribution in [2.24, 2.45) is 0 Å². The number of carbonyl (C=O) groups excluding carboxylic acids is 2. The number of amides is 2. The first-order valence-corrected chi connectivity index (χ1v) is 9.45. The molecule has 0 unspecified atom stereocenters. The molecule has 0 aromatic heterocycles. The van der Waals surface area contributed by atoms with Crippen molar-refractivity contribution >= 4 is 23.2 Å². The summed E-state index contributed by atoms with van der Waals surface area (Å²) < 4.78 is 4.95. The molecule has 3 rings (SSSR count). The van der Waals surface area contributed by atoms with Crippen LogP contribution in [-0.4, -0.2) is 23.8 Å². The maximum atomic E-state index is 12.4. The lowest BCUT2D eigenvalue weighted by Gasteiger charge is -2.10. The van der Waals surface area contributed by atoms with Gasteiger partial charge in [0.2, 0.25) is 0 Å². The topological polar surface area (TPSA) is 111 Å². The van der Waals surface area contributed by atoms with Crippen LogP contribution in [0.3, 0.4) is 0 Å². The maximum absolute atomic E-state index is 12.4. The molecular weight excluding hydrogens is 398 g/mol. The van der Waals surface area contributed by atoms with Gasteiger partial charge in [-0.2, -0.15) is 0 Å². The summed E-state index contributed by atoms with van der Waals surface area (Å²) in [5, 5.41) is 16.7. The highest BCUT2D eigenvalue weighted by Crippen LogP contribution is 2.27. The number of benzene rings is 3. The number of aryl methyl sites for hydroxylation is 1. The first-order valence-electron chi connectivity index (χ1n) is 9.45. The molecule has 0 aliphatic carbocycles. The second-order valence-corrected chi connectivity index (χ2v) is 6.85. The van der Waals surface area contributed by atoms with E-state index in [1.54, 1.807) is 36.4 Å². The van der Waals surface area contributed by atoms with Crippen LogP contribution >= 0.6 is 0 Å². The second-order valence-electron chi connectivity index (χ2n) is 6.85. The minimum absolute atomic E-state index is 0.0820. The van der Waals surface area contributed by atoms with Gasteiger partial charge >= 0.3 is 5.69 Å². The molecule has 0 saturated carbocycles. The highest BCUT2D eigenvalue weighted by atomic mass is 16.6. The normalized spacial score (nSPS) is 10.3. The van der Waals surface area contributed by atoms with Gasteiger partial charge in [0, 0.05) is 29.4 Å². The van der Waals surface area contributed by atoms with Crippen molar-refractivity contribution in [2.75, 3.05) is 12.4 Å². The predicted molar refractivity (Wildman–Crippen MR) is 116 cm³/mol. The molecule has 0 aliphatic heterocycles. The van der Waals surface area contributed by atoms with Crippen LogP contribution in [0.1, 0.15) is 31.8 Å². The molecule has 3 aromatic carbocycles. The van der Waals surface area contributed by atoms with Crippen LogP contribution in [0, 0.1) is 17.0 Å². The molecule has 0 heterocycles. The molecule has 31 heavy (non-hydrogen) atoms. The van der Waals surface area contributed by atoms with Gasteiger partial charge in [0.1, 0.15) is 0 Å². The number of hydrogen-bond donors (Lipinski definition) is 2. The summed E-state index contributed by atoms with van der Waals surface area (Å²) >= 11 is 0. The first-order chi connectivity index (χ1) is 14.9. The third kappa shape index (κ3) is 5.45. The fourth-order valence-corrected chi connectivity index (χ4v) is 2.93. The minimum Gasteiger partial charge on any atom is -0.490 e. The standard InChI is InChI=1S/C23H21N3O5/c1-15-6-8-17(9-7-15)23(28)25-19-5-3-4-16(12-19)14-24-22(27)18-10-11-21(31-2)20(13-18)26(29)30/h3-13H,14H2,1-2H3,(H,24,27)(H,25,28). The van der Waals surface area contributed by atoms with Crippen molar-refractivity contribution in [3.63, 3.8) is 0 Å². The Morgan fingerprint density at radius 1 is 0.968 bits per heavy atom. The molecule has 0 saturated heterocycles. The summed E-state index contributed by atoms with van der Waals surface area (Å²) in [5.74, 6) is -0.606. The quantitative estimate of drug-likeness (QED) is 0.443. The van der Waals surface area contributed by atoms with Gasteiger partial charge in [0.05, 0.1) is 12.0 Å². The van der Waals surface area contributed by atoms with Gasteiger partial charge in [0.15, 0.2) is 5.75 Å². The molecule has 0 radical (unpaired) electrons. The van der Waals surface area contributed by atoms with Crippen LogP contribution in [0.4, 0.5) is 11.4 Å². The lowest BCUT2D eigenvalue weighted by atomic mass is 10.1. The van der Waals surface area contributed by atoms with Gasteiger partial charge in [-0.25, -0.2) is 0 Å². The van der Waals surface area contributed by atoms with E-state index < -0.39 is 10.8 Å². The van der Waals surface area contributed by atoms with Crippen molar-refractivity contribution in [3.8, 4) is 5.75 Å². The molecule has 158 valence electrons. The van der Waals surface area contributed by atoms with E-state index in [0.717, 1.165) is 11.1 Å². The van der Waals surface area contributed by atoms with E-state index in [-0.39, 0.29) is 29.5 Å². The molecule has 8 heteroatoms. The molecule has 2 amide bonds. The van der Waals surface area contributed by atoms with E-state index in [1.165, 1.54) is 25.3 Å². The molecule has 8 nitrogen and oxygen atoms in total. The van der Waals surface area contributed by atoms with Gasteiger partial charge in [-0.05, 0) is 48.9 Å². The Kier molecular flexibility index (Phi) is 6.61. The number of ether oxygens (including phenoxy) is 1. The summed E-state index contributed by atoms with van der Waals surface area (Å²) in [5.41, 5.74) is 2.84. The number of nitrogens with one attached hydrogen (secondary N) is 2. The average molecular weight is 419 g/mol. The highest BCUT2D eigenvalue weighted by Gasteiger charge is 2.18. The number of nitro groups is 1. The first kappa shape index (κ1) is 21.5. The summed E-state index contributed by atoms with van der Waals surface area (Å²) in [7, 11) is 1.33. The SMILES string of the molecule is COc1ccc(C(=O)NCc2cccc(NC(=O)c3ccc(C)cc3)c2)cc1[N+](=O)[O-]. The van der Waals surface area contributed by atoms with Crippen molar-refractivity contribution in [1.82, 2.24) is 5.32 Å². The Hall–Kier alpha value is -4.20. The van der Waals surface area contributed by atoms with Gasteiger partial charge in [-0.3, -0.25) is 19.7 Å². The Balaban J connectivity index is 1.65. The number of methoxy groups -OCH3 is 1. The molecule has 2 N–H and O–H groups in total. The van der Waals surface area contributed by atoms with Gasteiger partial charge in [-0.1, -0.05) is 29.8 Å². The van der Waals surface area contributed by atoms with E-state index >= 15 is 0 Å². The zero-order chi connectivity index (χ0) is 22.4. The average Bonchev–Trinajstić information content (AvgIpc) is 2.77. The van der Waals surface area contributed by atoms with Gasteiger partial charge in [0.25, 0.3) is 11.8 Å². The van der Waals surface area contributed by atoms with Crippen molar-refractivity contribution < 1.29 is 19.2 Å². The van der Waals surface area contributed by atoms with Crippen LogP contribution in [0.5, 0.6) is 5.75 Å². The van der Waals surface area contributed by atoms with Crippen LogP contribution in [0.25, 0.3) is 0 Å². The fraction of sp³-hybridized carbons (Fsp3) is 0.130. The summed E-state index contributed by atoms with van der Waals surface area (Å²) in [6.07, 6.45) is 0. The molecule has 3 aromatic rings. The van der Waals surface area contributed by atoms with Crippen LogP contribution in [-0.2, 0) is 6.54 Å². The smallest absolute Gasteiger partial charge is 0.311 e. The number of nitro benzene ring substituents is 1. The zero-order valence-electron chi connectivity index (χ0n) is 17.0. The summed E-state index contributed by atoms with van der Waals surface area (Å²) in [6, 6.07) is 18.3. The Labute approximate surface area is 179 Å². The molecule has 0 aliphatic rings. The Bertz CT molecular complexity index is 1130. The van der Waals surface area contributed by atoms with Crippen LogP contribution in [0.2, 0.25) is 0 Å². The number of hydrogen-bond acceptors (Lipinski definition) is 5. The van der Waals surface area contributed by atoms with Crippen molar-refractivity contribution in [2.45, 2.75) is 13.5 Å². The summed E-state index contributed by atoms with van der Waals surface area (Å²) in [4.78, 5) is 35.3. The predicted octanol–water partition coefficient (Wildman–Crippen LogP) is 4.09. The minimum atomic E-state index is -0.601. The van der Waals surface area contributed by atoms with Gasteiger partial charge < -0.3 is 15.4 Å². The van der Waals surface area contributed by atoms with Gasteiger partial charge in [-0.15, -0.1) is 0 Å². The van der Waals surface area contributed by atoms with Crippen molar-refractivity contribution in [1.29, 1.82) is 0 Å². The lowest BCUT2D eigenvalue weighted by Crippen LogP contribution is -2.23. The van der Waals surface area contributed by atoms with E-state index in [0.29, 0.717) is 11.3 Å². The fourth-order valence-electron chi connectivity index (χ4n) is 2.93. The third-order valence-corrected chi connectivity index (χ3v) is 4.59. The van der Waals surface area contributed by atoms with E-state index in [9.17, 15) is 19.7 Å². The second kappa shape index (κ2) is 9.53. The molecule has 0 bridgehead atoms. The number of anilines is 1. The molecule has 0 fully saturated rings. The molecule has 0 spiro atoms. The van der Waals surface area contributed by atoms with E-state index in [2.05, 4.69) is 10.6 Å². The number of carbonyl (C=O) groups is 2. The lowest BCUT2D eigenvalue weighted by molar-refractivity contribution is -0.385. The van der Waals surface area contributed by atoms with E-state index in [4.69, 9.17) is 4.74 Å².